The van der Waals surface area contributed by atoms with Crippen LogP contribution in [0.5, 0.6) is 0 Å². The van der Waals surface area contributed by atoms with Gasteiger partial charge in [-0.1, -0.05) is 121 Å². The predicted octanol–water partition coefficient (Wildman–Crippen LogP) is 18.2. The predicted molar refractivity (Wildman–Crippen MR) is 260 cm³/mol. The molecule has 0 amide bonds. The largest absolute Gasteiger partial charge is 0.380 e. The summed E-state index contributed by atoms with van der Waals surface area (Å²) in [4.78, 5) is 2.76. The van der Waals surface area contributed by atoms with Crippen LogP contribution in [0.25, 0.3) is 41.8 Å². The Morgan fingerprint density at radius 1 is 0.375 bits per heavy atom. The summed E-state index contributed by atoms with van der Waals surface area (Å²) >= 11 is 4.74. The first-order chi connectivity index (χ1) is 32.8. The Morgan fingerprint density at radius 2 is 0.639 bits per heavy atom. The molecule has 0 nitrogen and oxygen atoms in total. The van der Waals surface area contributed by atoms with Crippen molar-refractivity contribution in [2.75, 3.05) is 0 Å². The molecule has 2 unspecified atom stereocenters. The molecule has 5 aliphatic rings. The van der Waals surface area contributed by atoms with Crippen molar-refractivity contribution in [2.45, 2.75) is 72.7 Å². The molecule has 2 atom stereocenters. The van der Waals surface area contributed by atoms with Gasteiger partial charge in [-0.05, 0) is 96.5 Å². The van der Waals surface area contributed by atoms with Gasteiger partial charge < -0.3 is 0 Å². The fourth-order valence-corrected chi connectivity index (χ4v) is 15.0. The number of thiophene rings is 2. The van der Waals surface area contributed by atoms with Crippen LogP contribution in [0.1, 0.15) is 45.9 Å². The van der Waals surface area contributed by atoms with E-state index in [-0.39, 0.29) is 81.7 Å². The Hall–Kier alpha value is -3.52. The Kier molecular flexibility index (Phi) is 14.2. The smallest absolute Gasteiger partial charge is 0.194 e. The topological polar surface area (TPSA) is 0 Å². The van der Waals surface area contributed by atoms with E-state index in [1.54, 1.807) is 135 Å². The van der Waals surface area contributed by atoms with E-state index in [1.807, 2.05) is 0 Å². The normalized spacial score (nSPS) is 24.3. The minimum atomic E-state index is -5.58. The second-order valence-corrected chi connectivity index (χ2v) is 23.1. The number of thioether (sulfide) groups is 2. The molecule has 11 rings (SSSR count). The summed E-state index contributed by atoms with van der Waals surface area (Å²) in [5.74, 6) is -31.3. The zero-order valence-corrected chi connectivity index (χ0v) is 46.8. The maximum atomic E-state index is 15.3. The van der Waals surface area contributed by atoms with Crippen molar-refractivity contribution in [3.05, 3.63) is 200 Å². The standard InChI is InChI=1S/2C27H18F6S2.U.V/c1-23-17(13-19(34-23)15-9-5-3-6-10-15)21-22(26(30,31)27(32,33)25(21,28)29)18-14-20(35-24(18,23)2)16-11-7-4-8-12-16;1-15-19(13-21(34-15)17-9-5-3-6-10-17)23-24(26(30,31)27(32,33)25(23,28)29)20-14-22(35-16(20)2)18-11-7-4-8-12-18;;/h2*3-14H,1-2H3;;. The van der Waals surface area contributed by atoms with Crippen molar-refractivity contribution in [3.63, 3.8) is 0 Å². The van der Waals surface area contributed by atoms with Crippen LogP contribution in [0, 0.1) is 45.0 Å². The summed E-state index contributed by atoms with van der Waals surface area (Å²) in [7, 11) is 0. The molecule has 0 bridgehead atoms. The molecular formula is C54H36F12S4UV. The first-order valence-corrected chi connectivity index (χ1v) is 24.9. The zero-order chi connectivity index (χ0) is 50.2. The van der Waals surface area contributed by atoms with Crippen LogP contribution in [-0.4, -0.2) is 45.0 Å². The van der Waals surface area contributed by atoms with Crippen LogP contribution in [-0.2, 0) is 18.6 Å². The molecule has 2 aliphatic heterocycles. The molecule has 2 aromatic heterocycles. The fourth-order valence-electron chi connectivity index (χ4n) is 9.78. The van der Waals surface area contributed by atoms with Crippen molar-refractivity contribution < 1.29 is 102 Å². The number of aryl methyl sites for hydroxylation is 2. The first kappa shape index (κ1) is 54.7. The van der Waals surface area contributed by atoms with E-state index in [4.69, 9.17) is 0 Å². The van der Waals surface area contributed by atoms with Gasteiger partial charge in [0.25, 0.3) is 0 Å². The van der Waals surface area contributed by atoms with Gasteiger partial charge in [0.05, 0.1) is 9.49 Å². The molecule has 3 aliphatic carbocycles. The molecule has 18 heteroatoms. The number of hydrogen-bond donors (Lipinski definition) is 0. The van der Waals surface area contributed by atoms with Crippen molar-refractivity contribution in [2.24, 2.45) is 0 Å². The van der Waals surface area contributed by atoms with E-state index < -0.39 is 67.3 Å². The monoisotopic (exact) mass is 1330 g/mol. The molecule has 1 fully saturated rings. The van der Waals surface area contributed by atoms with Crippen LogP contribution in [0.4, 0.5) is 52.7 Å². The maximum absolute atomic E-state index is 15.3. The van der Waals surface area contributed by atoms with E-state index in [9.17, 15) is 17.6 Å². The van der Waals surface area contributed by atoms with Crippen LogP contribution >= 0.6 is 46.2 Å². The third-order valence-electron chi connectivity index (χ3n) is 13.6. The molecule has 369 valence electrons. The van der Waals surface area contributed by atoms with Gasteiger partial charge in [0, 0.05) is 101 Å². The molecular weight excluding hydrogens is 1290 g/mol. The molecule has 6 aromatic rings. The van der Waals surface area contributed by atoms with Crippen molar-refractivity contribution in [1.29, 1.82) is 0 Å². The number of allylic oxidation sites excluding steroid dienone is 6. The molecule has 1 radical (unpaired) electrons. The Balaban J connectivity index is 0.000000187. The summed E-state index contributed by atoms with van der Waals surface area (Å²) in [5.41, 5.74) is -3.13. The third kappa shape index (κ3) is 7.77. The van der Waals surface area contributed by atoms with E-state index in [2.05, 4.69) is 0 Å². The van der Waals surface area contributed by atoms with Gasteiger partial charge in [0.2, 0.25) is 0 Å². The van der Waals surface area contributed by atoms with Crippen molar-refractivity contribution >= 4 is 67.2 Å². The molecule has 4 heterocycles. The summed E-state index contributed by atoms with van der Waals surface area (Å²) in [6.07, 6.45) is 2.81. The van der Waals surface area contributed by atoms with Gasteiger partial charge in [-0.3, -0.25) is 0 Å². The average Bonchev–Trinajstić information content (AvgIpc) is 4.14. The van der Waals surface area contributed by atoms with E-state index in [0.29, 0.717) is 41.8 Å². The number of fused-ring (bicyclic) bond motifs is 4. The summed E-state index contributed by atoms with van der Waals surface area (Å²) < 4.78 is 179. The van der Waals surface area contributed by atoms with Crippen LogP contribution in [0.15, 0.2) is 168 Å². The van der Waals surface area contributed by atoms with E-state index in [0.717, 1.165) is 22.7 Å². The first-order valence-electron chi connectivity index (χ1n) is 21.6. The maximum Gasteiger partial charge on any atom is 0.380 e. The summed E-state index contributed by atoms with van der Waals surface area (Å²) in [5, 5.41) is 0. The van der Waals surface area contributed by atoms with E-state index >= 15 is 35.1 Å². The molecule has 72 heavy (non-hydrogen) atoms. The minimum absolute atomic E-state index is 0. The van der Waals surface area contributed by atoms with Gasteiger partial charge in [0.1, 0.15) is 0 Å². The number of benzene rings is 4. The number of alkyl halides is 12. The zero-order valence-electron chi connectivity index (χ0n) is 38.0. The Morgan fingerprint density at radius 3 is 0.931 bits per heavy atom. The van der Waals surface area contributed by atoms with Gasteiger partial charge >= 0.3 is 35.5 Å². The second-order valence-electron chi connectivity index (χ2n) is 17.7. The van der Waals surface area contributed by atoms with Crippen molar-refractivity contribution in [1.82, 2.24) is 0 Å². The second kappa shape index (κ2) is 18.6. The van der Waals surface area contributed by atoms with Gasteiger partial charge in [-0.15, -0.1) is 46.2 Å². The molecule has 4 aromatic carbocycles. The van der Waals surface area contributed by atoms with Gasteiger partial charge in [-0.2, -0.15) is 52.7 Å². The quantitative estimate of drug-likeness (QED) is 0.152. The van der Waals surface area contributed by atoms with Crippen LogP contribution in [0.2, 0.25) is 0 Å². The van der Waals surface area contributed by atoms with Gasteiger partial charge in [0.15, 0.2) is 0 Å². The SMILES string of the molecule is CC12SC(c3ccccc3)=CC1=C1C(=C3C=C(c4ccccc4)SC32C)C(F)(F)C(F)(F)C1(F)F.Cc1sc(-c2ccccc2)cc1C1=C(c2cc(-c3ccccc3)sc2C)C(F)(F)C(F)(F)C1(F)F.[U].[V]. The molecule has 0 spiro atoms. The number of rotatable bonds is 6. The van der Waals surface area contributed by atoms with Crippen LogP contribution < -0.4 is 0 Å². The van der Waals surface area contributed by atoms with Crippen LogP contribution in [0.3, 0.4) is 0 Å². The Labute approximate surface area is 459 Å². The summed E-state index contributed by atoms with van der Waals surface area (Å²) in [6.45, 7) is 6.36. The molecule has 1 saturated carbocycles. The molecule has 0 saturated heterocycles. The van der Waals surface area contributed by atoms with Crippen molar-refractivity contribution in [3.8, 4) is 20.9 Å². The summed E-state index contributed by atoms with van der Waals surface area (Å²) in [6, 6.07) is 38.0. The number of halogens is 12. The third-order valence-corrected chi connectivity index (χ3v) is 19.1. The minimum Gasteiger partial charge on any atom is -0.194 e. The fraction of sp³-hybridized carbons (Fsp3) is 0.222. The van der Waals surface area contributed by atoms with Gasteiger partial charge in [-0.25, -0.2) is 0 Å². The average molecular weight is 1330 g/mol. The van der Waals surface area contributed by atoms with E-state index in [1.165, 1.54) is 61.7 Å². The number of hydrogen-bond acceptors (Lipinski definition) is 4. The Bertz CT molecular complexity index is 3050. The molecule has 0 N–H and O–H groups in total.